The summed E-state index contributed by atoms with van der Waals surface area (Å²) in [7, 11) is 3.31. The molecule has 2 rings (SSSR count). The Labute approximate surface area is 146 Å². The third kappa shape index (κ3) is 4.52. The molecule has 0 spiro atoms. The van der Waals surface area contributed by atoms with Crippen molar-refractivity contribution in [2.24, 2.45) is 0 Å². The van der Waals surface area contributed by atoms with Crippen LogP contribution in [0, 0.1) is 0 Å². The summed E-state index contributed by atoms with van der Waals surface area (Å²) in [4.78, 5) is 26.7. The second-order valence-electron chi connectivity index (χ2n) is 5.23. The van der Waals surface area contributed by atoms with Crippen molar-refractivity contribution in [3.8, 4) is 5.75 Å². The molecule has 0 fully saturated rings. The molecule has 0 aliphatic rings. The smallest absolute Gasteiger partial charge is 0.259 e. The van der Waals surface area contributed by atoms with Gasteiger partial charge in [0, 0.05) is 19.0 Å². The molecule has 2 aromatic carbocycles. The van der Waals surface area contributed by atoms with Gasteiger partial charge in [0.1, 0.15) is 5.75 Å². The van der Waals surface area contributed by atoms with E-state index in [-0.39, 0.29) is 18.4 Å². The van der Waals surface area contributed by atoms with Gasteiger partial charge in [0.05, 0.1) is 11.3 Å². The monoisotopic (exact) mass is 344 g/mol. The number of ether oxygens (including phenoxy) is 1. The lowest BCUT2D eigenvalue weighted by atomic mass is 10.2. The van der Waals surface area contributed by atoms with Gasteiger partial charge in [-0.2, -0.15) is 0 Å². The number of carbonyl (C=O) groups is 2. The molecule has 5 nitrogen and oxygen atoms in total. The molecule has 1 N–H and O–H groups in total. The minimum absolute atomic E-state index is 0.112. The second-order valence-corrected chi connectivity index (χ2v) is 6.08. The molecule has 0 saturated heterocycles. The zero-order valence-corrected chi connectivity index (χ0v) is 14.7. The molecule has 24 heavy (non-hydrogen) atoms. The molecule has 0 radical (unpaired) electrons. The summed E-state index contributed by atoms with van der Waals surface area (Å²) < 4.78 is 5.52. The van der Waals surface area contributed by atoms with E-state index in [2.05, 4.69) is 5.32 Å². The molecule has 0 aliphatic heterocycles. The van der Waals surface area contributed by atoms with Gasteiger partial charge in [-0.15, -0.1) is 11.8 Å². The van der Waals surface area contributed by atoms with Gasteiger partial charge in [0.25, 0.3) is 11.8 Å². The maximum absolute atomic E-state index is 12.6. The Morgan fingerprint density at radius 2 is 1.75 bits per heavy atom. The number of nitrogens with one attached hydrogen (secondary N) is 1. The fraction of sp³-hybridized carbons (Fsp3) is 0.222. The first-order chi connectivity index (χ1) is 11.5. The highest BCUT2D eigenvalue weighted by atomic mass is 32.2. The number of anilines is 1. The highest BCUT2D eigenvalue weighted by Crippen LogP contribution is 2.26. The van der Waals surface area contributed by atoms with Crippen LogP contribution in [0.1, 0.15) is 10.4 Å². The SMILES string of the molecule is CSc1ccccc1NC(=O)c1ccccc1OCC(=O)N(C)C. The van der Waals surface area contributed by atoms with Gasteiger partial charge in [0.2, 0.25) is 0 Å². The number of rotatable bonds is 6. The van der Waals surface area contributed by atoms with Crippen molar-refractivity contribution in [2.75, 3.05) is 32.3 Å². The quantitative estimate of drug-likeness (QED) is 0.818. The Morgan fingerprint density at radius 3 is 2.46 bits per heavy atom. The summed E-state index contributed by atoms with van der Waals surface area (Å²) in [6.45, 7) is -0.112. The summed E-state index contributed by atoms with van der Waals surface area (Å²) in [6.07, 6.45) is 1.95. The summed E-state index contributed by atoms with van der Waals surface area (Å²) in [6, 6.07) is 14.5. The van der Waals surface area contributed by atoms with Crippen LogP contribution in [0.2, 0.25) is 0 Å². The van der Waals surface area contributed by atoms with Crippen molar-refractivity contribution in [3.05, 3.63) is 54.1 Å². The largest absolute Gasteiger partial charge is 0.483 e. The Balaban J connectivity index is 2.16. The summed E-state index contributed by atoms with van der Waals surface area (Å²) in [5.41, 5.74) is 1.13. The van der Waals surface area contributed by atoms with Gasteiger partial charge in [-0.3, -0.25) is 9.59 Å². The summed E-state index contributed by atoms with van der Waals surface area (Å²) >= 11 is 1.56. The fourth-order valence-corrected chi connectivity index (χ4v) is 2.54. The van der Waals surface area contributed by atoms with E-state index in [1.807, 2.05) is 30.5 Å². The summed E-state index contributed by atoms with van der Waals surface area (Å²) in [5, 5.41) is 2.89. The predicted molar refractivity (Wildman–Crippen MR) is 96.8 cm³/mol. The first-order valence-corrected chi connectivity index (χ1v) is 8.61. The molecule has 0 atom stereocenters. The Bertz CT molecular complexity index is 732. The first-order valence-electron chi connectivity index (χ1n) is 7.39. The van der Waals surface area contributed by atoms with Crippen LogP contribution < -0.4 is 10.1 Å². The molecule has 6 heteroatoms. The Kier molecular flexibility index (Phi) is 6.26. The van der Waals surface area contributed by atoms with Crippen molar-refractivity contribution in [2.45, 2.75) is 4.90 Å². The van der Waals surface area contributed by atoms with Crippen LogP contribution >= 0.6 is 11.8 Å². The van der Waals surface area contributed by atoms with Gasteiger partial charge >= 0.3 is 0 Å². The van der Waals surface area contributed by atoms with Crippen LogP contribution in [0.15, 0.2) is 53.4 Å². The number of benzene rings is 2. The third-order valence-electron chi connectivity index (χ3n) is 3.34. The number of hydrogen-bond donors (Lipinski definition) is 1. The van der Waals surface area contributed by atoms with Gasteiger partial charge in [-0.05, 0) is 30.5 Å². The van der Waals surface area contributed by atoms with Crippen LogP contribution in [-0.2, 0) is 4.79 Å². The zero-order valence-electron chi connectivity index (χ0n) is 13.9. The minimum atomic E-state index is -0.274. The van der Waals surface area contributed by atoms with Crippen molar-refractivity contribution in [1.82, 2.24) is 4.90 Å². The van der Waals surface area contributed by atoms with Crippen molar-refractivity contribution in [3.63, 3.8) is 0 Å². The van der Waals surface area contributed by atoms with Crippen LogP contribution in [0.5, 0.6) is 5.75 Å². The Hall–Kier alpha value is -2.47. The molecular formula is C18H20N2O3S. The van der Waals surface area contributed by atoms with Gasteiger partial charge in [-0.25, -0.2) is 0 Å². The van der Waals surface area contributed by atoms with E-state index in [4.69, 9.17) is 4.74 Å². The van der Waals surface area contributed by atoms with E-state index in [1.54, 1.807) is 50.1 Å². The van der Waals surface area contributed by atoms with E-state index in [0.717, 1.165) is 10.6 Å². The van der Waals surface area contributed by atoms with Crippen LogP contribution in [-0.4, -0.2) is 43.7 Å². The van der Waals surface area contributed by atoms with Gasteiger partial charge in [-0.1, -0.05) is 24.3 Å². The van der Waals surface area contributed by atoms with E-state index < -0.39 is 0 Å². The molecule has 2 amide bonds. The number of hydrogen-bond acceptors (Lipinski definition) is 4. The van der Waals surface area contributed by atoms with E-state index >= 15 is 0 Å². The molecule has 0 unspecified atom stereocenters. The van der Waals surface area contributed by atoms with E-state index in [9.17, 15) is 9.59 Å². The predicted octanol–water partition coefficient (Wildman–Crippen LogP) is 3.13. The normalized spacial score (nSPS) is 10.1. The van der Waals surface area contributed by atoms with Crippen molar-refractivity contribution >= 4 is 29.3 Å². The van der Waals surface area contributed by atoms with Crippen molar-refractivity contribution in [1.29, 1.82) is 0 Å². The summed E-state index contributed by atoms with van der Waals surface area (Å²) in [5.74, 6) is -0.0609. The number of nitrogens with zero attached hydrogens (tertiary/aromatic N) is 1. The highest BCUT2D eigenvalue weighted by molar-refractivity contribution is 7.98. The fourth-order valence-electron chi connectivity index (χ4n) is 1.99. The average molecular weight is 344 g/mol. The molecule has 0 aliphatic carbocycles. The number of amides is 2. The lowest BCUT2D eigenvalue weighted by molar-refractivity contribution is -0.130. The minimum Gasteiger partial charge on any atom is -0.483 e. The van der Waals surface area contributed by atoms with Crippen molar-refractivity contribution < 1.29 is 14.3 Å². The first kappa shape index (κ1) is 17.9. The lowest BCUT2D eigenvalue weighted by Crippen LogP contribution is -2.28. The maximum Gasteiger partial charge on any atom is 0.259 e. The van der Waals surface area contributed by atoms with Crippen LogP contribution in [0.4, 0.5) is 5.69 Å². The third-order valence-corrected chi connectivity index (χ3v) is 4.13. The molecule has 0 bridgehead atoms. The van der Waals surface area contributed by atoms with E-state index in [0.29, 0.717) is 11.3 Å². The lowest BCUT2D eigenvalue weighted by Gasteiger charge is -2.14. The Morgan fingerprint density at radius 1 is 1.08 bits per heavy atom. The topological polar surface area (TPSA) is 58.6 Å². The molecule has 126 valence electrons. The highest BCUT2D eigenvalue weighted by Gasteiger charge is 2.15. The molecule has 0 aromatic heterocycles. The second kappa shape index (κ2) is 8.40. The van der Waals surface area contributed by atoms with Gasteiger partial charge in [0.15, 0.2) is 6.61 Å². The molecule has 0 heterocycles. The maximum atomic E-state index is 12.6. The number of para-hydroxylation sites is 2. The number of carbonyl (C=O) groups excluding carboxylic acids is 2. The van der Waals surface area contributed by atoms with Crippen LogP contribution in [0.25, 0.3) is 0 Å². The standard InChI is InChI=1S/C18H20N2O3S/c1-20(2)17(21)12-23-15-10-6-4-8-13(15)18(22)19-14-9-5-7-11-16(14)24-3/h4-11H,12H2,1-3H3,(H,19,22). The van der Waals surface area contributed by atoms with Crippen LogP contribution in [0.3, 0.4) is 0 Å². The van der Waals surface area contributed by atoms with E-state index in [1.165, 1.54) is 4.90 Å². The number of likely N-dealkylation sites (N-methyl/N-ethyl adjacent to an activating group) is 1. The number of thioether (sulfide) groups is 1. The molecule has 0 saturated carbocycles. The molecular weight excluding hydrogens is 324 g/mol. The van der Waals surface area contributed by atoms with Gasteiger partial charge < -0.3 is 15.0 Å². The molecule has 2 aromatic rings. The average Bonchev–Trinajstić information content (AvgIpc) is 2.60. The zero-order chi connectivity index (χ0) is 17.5.